The van der Waals surface area contributed by atoms with Gasteiger partial charge in [0.1, 0.15) is 0 Å². The number of benzene rings is 12. The van der Waals surface area contributed by atoms with Gasteiger partial charge in [0.05, 0.1) is 16.7 Å². The molecule has 4 heteroatoms. The Bertz CT molecular complexity index is 4260. The molecule has 0 amide bonds. The molecule has 320 valence electrons. The maximum atomic E-state index is 5.53. The van der Waals surface area contributed by atoms with Crippen LogP contribution < -0.4 is 0 Å². The van der Waals surface area contributed by atoms with Crippen molar-refractivity contribution in [2.24, 2.45) is 0 Å². The zero-order valence-electron chi connectivity index (χ0n) is 37.4. The van der Waals surface area contributed by atoms with Crippen LogP contribution >= 0.6 is 0 Å². The van der Waals surface area contributed by atoms with Crippen LogP contribution in [0.4, 0.5) is 0 Å². The van der Waals surface area contributed by atoms with Crippen molar-refractivity contribution in [2.75, 3.05) is 0 Å². The van der Waals surface area contributed by atoms with Crippen LogP contribution in [0.1, 0.15) is 0 Å². The predicted molar refractivity (Wildman–Crippen MR) is 289 cm³/mol. The fraction of sp³-hybridized carbons (Fsp3) is 0. The molecule has 4 nitrogen and oxygen atoms in total. The first-order valence-electron chi connectivity index (χ1n) is 23.5. The van der Waals surface area contributed by atoms with Gasteiger partial charge in [-0.3, -0.25) is 0 Å². The Balaban J connectivity index is 1.18. The standard InChI is InChI=1S/C65H40N4/c1-3-17-41(18-4-1)49-33-34-53-55(35-49)59(65-67-63(44-21-5-2-6-22-44)66-64(68-65)54-32-16-28-43-20-12-14-30-51(43)54)40-58(52-31-15-27-42-19-11-13-29-50(42)52)62(53)69-60-38-47-25-9-7-23-45(47)36-56(60)57-37-46-24-8-10-26-48(46)39-61(57)69/h1-40H. The molecule has 0 spiro atoms. The van der Waals surface area contributed by atoms with E-state index in [1.807, 2.05) is 18.2 Å². The highest BCUT2D eigenvalue weighted by atomic mass is 15.0. The summed E-state index contributed by atoms with van der Waals surface area (Å²) in [6.45, 7) is 0. The van der Waals surface area contributed by atoms with Gasteiger partial charge < -0.3 is 4.57 Å². The number of fused-ring (bicyclic) bond motifs is 8. The molecule has 0 saturated heterocycles. The van der Waals surface area contributed by atoms with Crippen LogP contribution in [-0.4, -0.2) is 19.5 Å². The van der Waals surface area contributed by atoms with E-state index in [0.717, 1.165) is 77.2 Å². The van der Waals surface area contributed by atoms with Gasteiger partial charge in [-0.25, -0.2) is 15.0 Å². The van der Waals surface area contributed by atoms with Crippen LogP contribution in [0.25, 0.3) is 138 Å². The lowest BCUT2D eigenvalue weighted by Gasteiger charge is -2.22. The lowest BCUT2D eigenvalue weighted by molar-refractivity contribution is 1.08. The van der Waals surface area contributed by atoms with Crippen molar-refractivity contribution in [1.82, 2.24) is 19.5 Å². The molecule has 0 radical (unpaired) electrons. The molecule has 0 aliphatic rings. The molecular weight excluding hydrogens is 837 g/mol. The maximum absolute atomic E-state index is 5.53. The zero-order valence-corrected chi connectivity index (χ0v) is 37.4. The van der Waals surface area contributed by atoms with E-state index in [4.69, 9.17) is 15.0 Å². The Morgan fingerprint density at radius 3 is 1.30 bits per heavy atom. The van der Waals surface area contributed by atoms with Gasteiger partial charge in [-0.1, -0.05) is 206 Å². The molecular formula is C65H40N4. The molecule has 0 bridgehead atoms. The second-order valence-electron chi connectivity index (χ2n) is 17.9. The SMILES string of the molecule is c1ccc(-c2ccc3c(-n4c5cc6ccccc6cc5c5cc6ccccc6cc54)c(-c4cccc5ccccc45)cc(-c4nc(-c5ccccc5)nc(-c5cccc6ccccc56)n4)c3c2)cc1. The summed E-state index contributed by atoms with van der Waals surface area (Å²) >= 11 is 0. The van der Waals surface area contributed by atoms with Crippen LogP contribution in [-0.2, 0) is 0 Å². The van der Waals surface area contributed by atoms with Crippen molar-refractivity contribution < 1.29 is 0 Å². The van der Waals surface area contributed by atoms with E-state index < -0.39 is 0 Å². The van der Waals surface area contributed by atoms with Gasteiger partial charge in [-0.05, 0) is 102 Å². The Morgan fingerprint density at radius 2 is 0.696 bits per heavy atom. The molecule has 0 aliphatic carbocycles. The van der Waals surface area contributed by atoms with Crippen LogP contribution in [0.5, 0.6) is 0 Å². The van der Waals surface area contributed by atoms with Crippen molar-refractivity contribution in [3.8, 4) is 62.1 Å². The highest BCUT2D eigenvalue weighted by molar-refractivity contribution is 6.19. The molecule has 0 atom stereocenters. The summed E-state index contributed by atoms with van der Waals surface area (Å²) in [4.78, 5) is 16.3. The smallest absolute Gasteiger partial charge is 0.164 e. The summed E-state index contributed by atoms with van der Waals surface area (Å²) in [5.74, 6) is 1.85. The maximum Gasteiger partial charge on any atom is 0.164 e. The Kier molecular flexibility index (Phi) is 8.86. The van der Waals surface area contributed by atoms with Crippen molar-refractivity contribution in [3.05, 3.63) is 243 Å². The summed E-state index contributed by atoms with van der Waals surface area (Å²) in [6.07, 6.45) is 0. The van der Waals surface area contributed by atoms with E-state index in [1.165, 1.54) is 43.1 Å². The summed E-state index contributed by atoms with van der Waals surface area (Å²) in [6, 6.07) is 87.5. The average molecular weight is 877 g/mol. The number of nitrogens with zero attached hydrogens (tertiary/aromatic N) is 4. The molecule has 0 saturated carbocycles. The monoisotopic (exact) mass is 876 g/mol. The highest BCUT2D eigenvalue weighted by Crippen LogP contribution is 2.47. The first-order chi connectivity index (χ1) is 34.2. The molecule has 2 aromatic heterocycles. The Labute approximate surface area is 398 Å². The topological polar surface area (TPSA) is 43.6 Å². The van der Waals surface area contributed by atoms with E-state index in [2.05, 4.69) is 229 Å². The minimum Gasteiger partial charge on any atom is -0.308 e. The van der Waals surface area contributed by atoms with Crippen molar-refractivity contribution in [3.63, 3.8) is 0 Å². The second-order valence-corrected chi connectivity index (χ2v) is 17.9. The summed E-state index contributed by atoms with van der Waals surface area (Å²) in [5.41, 5.74) is 10.6. The van der Waals surface area contributed by atoms with E-state index in [-0.39, 0.29) is 0 Å². The summed E-state index contributed by atoms with van der Waals surface area (Å²) < 4.78 is 2.54. The van der Waals surface area contributed by atoms with Crippen molar-refractivity contribution in [2.45, 2.75) is 0 Å². The third kappa shape index (κ3) is 6.41. The first-order valence-corrected chi connectivity index (χ1v) is 23.5. The van der Waals surface area contributed by atoms with Gasteiger partial charge in [-0.15, -0.1) is 0 Å². The Morgan fingerprint density at radius 1 is 0.232 bits per heavy atom. The number of hydrogen-bond acceptors (Lipinski definition) is 3. The van der Waals surface area contributed by atoms with E-state index in [9.17, 15) is 0 Å². The highest BCUT2D eigenvalue weighted by Gasteiger charge is 2.25. The molecule has 0 N–H and O–H groups in total. The number of aromatic nitrogens is 4. The Hall–Kier alpha value is -9.25. The zero-order chi connectivity index (χ0) is 45.4. The second kappa shape index (κ2) is 15.7. The summed E-state index contributed by atoms with van der Waals surface area (Å²) in [5, 5.41) is 13.9. The molecule has 0 aliphatic heterocycles. The fourth-order valence-corrected chi connectivity index (χ4v) is 10.7. The van der Waals surface area contributed by atoms with Crippen LogP contribution in [0.3, 0.4) is 0 Å². The first kappa shape index (κ1) is 39.0. The average Bonchev–Trinajstić information content (AvgIpc) is 3.72. The molecule has 0 unspecified atom stereocenters. The largest absolute Gasteiger partial charge is 0.308 e. The quantitative estimate of drug-likeness (QED) is 0.167. The third-order valence-electron chi connectivity index (χ3n) is 14.0. The number of rotatable bonds is 6. The van der Waals surface area contributed by atoms with E-state index in [1.54, 1.807) is 0 Å². The van der Waals surface area contributed by atoms with Crippen LogP contribution in [0.15, 0.2) is 243 Å². The fourth-order valence-electron chi connectivity index (χ4n) is 10.7. The predicted octanol–water partition coefficient (Wildman–Crippen LogP) is 17.1. The van der Waals surface area contributed by atoms with Crippen LogP contribution in [0.2, 0.25) is 0 Å². The molecule has 0 fully saturated rings. The normalized spacial score (nSPS) is 11.8. The molecule has 2 heterocycles. The van der Waals surface area contributed by atoms with Gasteiger partial charge in [-0.2, -0.15) is 0 Å². The third-order valence-corrected chi connectivity index (χ3v) is 14.0. The van der Waals surface area contributed by atoms with E-state index in [0.29, 0.717) is 17.5 Å². The van der Waals surface area contributed by atoms with Gasteiger partial charge >= 0.3 is 0 Å². The molecule has 69 heavy (non-hydrogen) atoms. The minimum absolute atomic E-state index is 0.606. The van der Waals surface area contributed by atoms with E-state index >= 15 is 0 Å². The van der Waals surface area contributed by atoms with Gasteiger partial charge in [0.15, 0.2) is 17.5 Å². The lowest BCUT2D eigenvalue weighted by Crippen LogP contribution is -2.04. The molecule has 14 aromatic rings. The molecule has 14 rings (SSSR count). The van der Waals surface area contributed by atoms with Gasteiger partial charge in [0.25, 0.3) is 0 Å². The van der Waals surface area contributed by atoms with Crippen molar-refractivity contribution >= 4 is 75.7 Å². The van der Waals surface area contributed by atoms with Gasteiger partial charge in [0, 0.05) is 38.4 Å². The minimum atomic E-state index is 0.606. The summed E-state index contributed by atoms with van der Waals surface area (Å²) in [7, 11) is 0. The van der Waals surface area contributed by atoms with Gasteiger partial charge in [0.2, 0.25) is 0 Å². The van der Waals surface area contributed by atoms with Crippen LogP contribution in [0, 0.1) is 0 Å². The number of hydrogen-bond donors (Lipinski definition) is 0. The lowest BCUT2D eigenvalue weighted by atomic mass is 9.89. The van der Waals surface area contributed by atoms with Crippen molar-refractivity contribution in [1.29, 1.82) is 0 Å². The molecule has 12 aromatic carbocycles.